The molecule has 0 unspecified atom stereocenters. The number of benzene rings is 1. The molecular weight excluding hydrogens is 231 g/mol. The van der Waals surface area contributed by atoms with Gasteiger partial charge < -0.3 is 9.15 Å². The molecule has 4 nitrogen and oxygen atoms in total. The molecule has 17 heavy (non-hydrogen) atoms. The summed E-state index contributed by atoms with van der Waals surface area (Å²) >= 11 is 0. The van der Waals surface area contributed by atoms with Gasteiger partial charge in [0.1, 0.15) is 5.58 Å². The molecule has 0 aliphatic rings. The standard InChI is InChI=1S/C12H10O4.Na.H/c1-2-15-12(14)11-7-9(13)8-5-3-4-6-10(8)16-11;;/h3-7H,2H2,1H3;;. The van der Waals surface area contributed by atoms with Crippen LogP contribution in [0.2, 0.25) is 0 Å². The van der Waals surface area contributed by atoms with E-state index in [-0.39, 0.29) is 47.4 Å². The summed E-state index contributed by atoms with van der Waals surface area (Å²) in [5.74, 6) is -0.684. The van der Waals surface area contributed by atoms with Crippen LogP contribution in [0.4, 0.5) is 0 Å². The van der Waals surface area contributed by atoms with Crippen molar-refractivity contribution in [1.82, 2.24) is 0 Å². The Balaban J connectivity index is 0.00000144. The zero-order chi connectivity index (χ0) is 11.5. The summed E-state index contributed by atoms with van der Waals surface area (Å²) in [7, 11) is 0. The molecule has 84 valence electrons. The van der Waals surface area contributed by atoms with Crippen LogP contribution < -0.4 is 5.43 Å². The molecule has 0 aliphatic carbocycles. The van der Waals surface area contributed by atoms with Crippen molar-refractivity contribution in [3.8, 4) is 0 Å². The summed E-state index contributed by atoms with van der Waals surface area (Å²) < 4.78 is 10.0. The van der Waals surface area contributed by atoms with Crippen LogP contribution in [0.5, 0.6) is 0 Å². The third-order valence-electron chi connectivity index (χ3n) is 2.11. The van der Waals surface area contributed by atoms with Gasteiger partial charge in [0.05, 0.1) is 12.0 Å². The van der Waals surface area contributed by atoms with Gasteiger partial charge in [-0.15, -0.1) is 0 Å². The van der Waals surface area contributed by atoms with E-state index in [9.17, 15) is 9.59 Å². The molecule has 0 N–H and O–H groups in total. The number of carbonyl (C=O) groups excluding carboxylic acids is 1. The number of rotatable bonds is 2. The van der Waals surface area contributed by atoms with Gasteiger partial charge in [0.25, 0.3) is 0 Å². The van der Waals surface area contributed by atoms with Crippen LogP contribution in [0.3, 0.4) is 0 Å². The van der Waals surface area contributed by atoms with Gasteiger partial charge in [0.2, 0.25) is 5.76 Å². The number of para-hydroxylation sites is 1. The fourth-order valence-corrected chi connectivity index (χ4v) is 1.41. The Kier molecular flexibility index (Phi) is 4.93. The first-order valence-electron chi connectivity index (χ1n) is 4.92. The summed E-state index contributed by atoms with van der Waals surface area (Å²) in [6.45, 7) is 1.94. The zero-order valence-corrected chi connectivity index (χ0v) is 8.73. The van der Waals surface area contributed by atoms with E-state index in [1.165, 1.54) is 0 Å². The van der Waals surface area contributed by atoms with E-state index in [0.29, 0.717) is 11.0 Å². The zero-order valence-electron chi connectivity index (χ0n) is 8.73. The number of fused-ring (bicyclic) bond motifs is 1. The van der Waals surface area contributed by atoms with Crippen molar-refractivity contribution < 1.29 is 13.9 Å². The normalized spacial score (nSPS) is 9.71. The molecule has 1 aromatic heterocycles. The second kappa shape index (κ2) is 6.00. The first-order valence-corrected chi connectivity index (χ1v) is 4.92. The van der Waals surface area contributed by atoms with Gasteiger partial charge in [0, 0.05) is 6.07 Å². The van der Waals surface area contributed by atoms with Crippen molar-refractivity contribution >= 4 is 46.5 Å². The first-order chi connectivity index (χ1) is 7.72. The Labute approximate surface area is 120 Å². The molecule has 0 fully saturated rings. The van der Waals surface area contributed by atoms with Crippen LogP contribution in [-0.4, -0.2) is 42.1 Å². The van der Waals surface area contributed by atoms with Gasteiger partial charge in [-0.25, -0.2) is 4.79 Å². The minimum absolute atomic E-state index is 0. The van der Waals surface area contributed by atoms with Crippen molar-refractivity contribution in [3.05, 3.63) is 46.3 Å². The van der Waals surface area contributed by atoms with Crippen LogP contribution in [0.1, 0.15) is 17.5 Å². The maximum atomic E-state index is 11.6. The molecule has 0 atom stereocenters. The van der Waals surface area contributed by atoms with Crippen LogP contribution >= 0.6 is 0 Å². The van der Waals surface area contributed by atoms with Crippen LogP contribution in [0, 0.1) is 0 Å². The van der Waals surface area contributed by atoms with E-state index >= 15 is 0 Å². The van der Waals surface area contributed by atoms with Gasteiger partial charge in [-0.3, -0.25) is 4.79 Å². The summed E-state index contributed by atoms with van der Waals surface area (Å²) in [6, 6.07) is 7.92. The maximum absolute atomic E-state index is 11.6. The average molecular weight is 242 g/mol. The Morgan fingerprint density at radius 1 is 1.35 bits per heavy atom. The summed E-state index contributed by atoms with van der Waals surface area (Å²) in [6.07, 6.45) is 0. The van der Waals surface area contributed by atoms with Crippen molar-refractivity contribution in [3.63, 3.8) is 0 Å². The topological polar surface area (TPSA) is 56.5 Å². The summed E-state index contributed by atoms with van der Waals surface area (Å²) in [5.41, 5.74) is 0.142. The van der Waals surface area contributed by atoms with E-state index in [4.69, 9.17) is 9.15 Å². The SMILES string of the molecule is CCOC(=O)c1cc(=O)c2ccccc2o1.[NaH]. The molecule has 0 saturated carbocycles. The molecule has 0 radical (unpaired) electrons. The van der Waals surface area contributed by atoms with Gasteiger partial charge in [-0.05, 0) is 19.1 Å². The molecule has 0 saturated heterocycles. The van der Waals surface area contributed by atoms with E-state index in [1.54, 1.807) is 31.2 Å². The molecule has 2 aromatic rings. The van der Waals surface area contributed by atoms with Crippen LogP contribution in [0.15, 0.2) is 39.5 Å². The monoisotopic (exact) mass is 242 g/mol. The predicted octanol–water partition coefficient (Wildman–Crippen LogP) is 1.32. The number of esters is 1. The molecule has 0 aliphatic heterocycles. The van der Waals surface area contributed by atoms with E-state index in [2.05, 4.69) is 0 Å². The van der Waals surface area contributed by atoms with Crippen molar-refractivity contribution in [2.45, 2.75) is 6.92 Å². The molecule has 0 bridgehead atoms. The summed E-state index contributed by atoms with van der Waals surface area (Å²) in [4.78, 5) is 23.0. The number of carbonyl (C=O) groups is 1. The fourth-order valence-electron chi connectivity index (χ4n) is 1.41. The average Bonchev–Trinajstić information content (AvgIpc) is 2.29. The molecule has 1 aromatic carbocycles. The first kappa shape index (κ1) is 14.0. The van der Waals surface area contributed by atoms with Crippen LogP contribution in [-0.2, 0) is 4.74 Å². The Hall–Kier alpha value is -1.10. The molecule has 0 amide bonds. The Morgan fingerprint density at radius 3 is 2.76 bits per heavy atom. The second-order valence-electron chi connectivity index (χ2n) is 3.19. The molecule has 2 rings (SSSR count). The summed E-state index contributed by atoms with van der Waals surface area (Å²) in [5, 5.41) is 0.454. The minimum atomic E-state index is -0.620. The Morgan fingerprint density at radius 2 is 2.06 bits per heavy atom. The molecule has 5 heteroatoms. The number of hydrogen-bond donors (Lipinski definition) is 0. The van der Waals surface area contributed by atoms with Gasteiger partial charge in [0.15, 0.2) is 5.43 Å². The van der Waals surface area contributed by atoms with Gasteiger partial charge >= 0.3 is 35.5 Å². The molecule has 0 spiro atoms. The van der Waals surface area contributed by atoms with E-state index < -0.39 is 5.97 Å². The van der Waals surface area contributed by atoms with Gasteiger partial charge in [-0.2, -0.15) is 0 Å². The third kappa shape index (κ3) is 2.97. The predicted molar refractivity (Wildman–Crippen MR) is 65.6 cm³/mol. The van der Waals surface area contributed by atoms with Gasteiger partial charge in [-0.1, -0.05) is 12.1 Å². The van der Waals surface area contributed by atoms with Crippen molar-refractivity contribution in [2.75, 3.05) is 6.61 Å². The quantitative estimate of drug-likeness (QED) is 0.588. The van der Waals surface area contributed by atoms with Crippen LogP contribution in [0.25, 0.3) is 11.0 Å². The third-order valence-corrected chi connectivity index (χ3v) is 2.11. The number of ether oxygens (including phenoxy) is 1. The van der Waals surface area contributed by atoms with E-state index in [1.807, 2.05) is 0 Å². The molecule has 1 heterocycles. The number of hydrogen-bond acceptors (Lipinski definition) is 4. The van der Waals surface area contributed by atoms with Crippen molar-refractivity contribution in [1.29, 1.82) is 0 Å². The second-order valence-corrected chi connectivity index (χ2v) is 3.19. The molecular formula is C12H11NaO4. The Bertz CT molecular complexity index is 588. The van der Waals surface area contributed by atoms with Crippen molar-refractivity contribution in [2.24, 2.45) is 0 Å². The van der Waals surface area contributed by atoms with E-state index in [0.717, 1.165) is 6.07 Å². The fraction of sp³-hybridized carbons (Fsp3) is 0.167.